The van der Waals surface area contributed by atoms with E-state index in [2.05, 4.69) is 5.16 Å². The third-order valence-corrected chi connectivity index (χ3v) is 5.83. The third-order valence-electron chi connectivity index (χ3n) is 5.83. The molecule has 0 aromatic carbocycles. The summed E-state index contributed by atoms with van der Waals surface area (Å²) in [5.74, 6) is -1.08. The SMILES string of the molecule is Cc1noc(C)c1CC(=O)N1CCN(CC(=O)N2CCCC(C(F)(F)F)C2)CC1. The van der Waals surface area contributed by atoms with Gasteiger partial charge in [-0.2, -0.15) is 13.2 Å². The first-order valence-electron chi connectivity index (χ1n) is 9.91. The Balaban J connectivity index is 1.46. The van der Waals surface area contributed by atoms with Gasteiger partial charge in [0.05, 0.1) is 24.6 Å². The predicted octanol–water partition coefficient (Wildman–Crippen LogP) is 1.78. The molecule has 10 heteroatoms. The summed E-state index contributed by atoms with van der Waals surface area (Å²) in [5.41, 5.74) is 1.51. The molecule has 1 atom stereocenters. The normalized spacial score (nSPS) is 21.5. The molecule has 0 N–H and O–H groups in total. The Kier molecular flexibility index (Phi) is 6.50. The van der Waals surface area contributed by atoms with E-state index in [0.717, 1.165) is 5.56 Å². The van der Waals surface area contributed by atoms with Crippen molar-refractivity contribution in [1.82, 2.24) is 19.9 Å². The van der Waals surface area contributed by atoms with E-state index in [1.807, 2.05) is 4.90 Å². The Morgan fingerprint density at radius 3 is 2.34 bits per heavy atom. The van der Waals surface area contributed by atoms with Crippen molar-refractivity contribution in [3.05, 3.63) is 17.0 Å². The molecule has 1 unspecified atom stereocenters. The maximum atomic E-state index is 12.9. The van der Waals surface area contributed by atoms with Gasteiger partial charge in [-0.3, -0.25) is 14.5 Å². The number of aromatic nitrogens is 1. The van der Waals surface area contributed by atoms with E-state index in [-0.39, 0.29) is 37.7 Å². The fraction of sp³-hybridized carbons (Fsp3) is 0.737. The van der Waals surface area contributed by atoms with Crippen LogP contribution in [0, 0.1) is 19.8 Å². The molecule has 3 rings (SSSR count). The first-order valence-corrected chi connectivity index (χ1v) is 9.91. The van der Waals surface area contributed by atoms with Crippen LogP contribution in [0.1, 0.15) is 29.9 Å². The van der Waals surface area contributed by atoms with Gasteiger partial charge in [0.15, 0.2) is 0 Å². The van der Waals surface area contributed by atoms with Gasteiger partial charge in [0.1, 0.15) is 5.76 Å². The Labute approximate surface area is 167 Å². The molecule has 0 saturated carbocycles. The van der Waals surface area contributed by atoms with E-state index in [1.54, 1.807) is 18.7 Å². The minimum atomic E-state index is -4.26. The third kappa shape index (κ3) is 5.29. The van der Waals surface area contributed by atoms with Crippen LogP contribution in [0.15, 0.2) is 4.52 Å². The molecule has 2 aliphatic heterocycles. The van der Waals surface area contributed by atoms with Crippen molar-refractivity contribution in [3.8, 4) is 0 Å². The number of rotatable bonds is 4. The van der Waals surface area contributed by atoms with Crippen LogP contribution >= 0.6 is 0 Å². The molecule has 1 aromatic rings. The predicted molar refractivity (Wildman–Crippen MR) is 98.1 cm³/mol. The molecule has 0 radical (unpaired) electrons. The lowest BCUT2D eigenvalue weighted by Gasteiger charge is -2.37. The topological polar surface area (TPSA) is 69.9 Å². The zero-order chi connectivity index (χ0) is 21.2. The summed E-state index contributed by atoms with van der Waals surface area (Å²) >= 11 is 0. The first kappa shape index (κ1) is 21.6. The monoisotopic (exact) mass is 416 g/mol. The van der Waals surface area contributed by atoms with Gasteiger partial charge in [0.25, 0.3) is 0 Å². The maximum absolute atomic E-state index is 12.9. The second-order valence-electron chi connectivity index (χ2n) is 7.86. The lowest BCUT2D eigenvalue weighted by atomic mass is 9.97. The van der Waals surface area contributed by atoms with Crippen molar-refractivity contribution < 1.29 is 27.3 Å². The van der Waals surface area contributed by atoms with E-state index in [0.29, 0.717) is 50.6 Å². The minimum absolute atomic E-state index is 0.0190. The Bertz CT molecular complexity index is 722. The highest BCUT2D eigenvalue weighted by atomic mass is 19.4. The molecule has 0 aliphatic carbocycles. The Hall–Kier alpha value is -2.10. The highest BCUT2D eigenvalue weighted by molar-refractivity contribution is 5.80. The number of hydrogen-bond acceptors (Lipinski definition) is 5. The number of carbonyl (C=O) groups excluding carboxylic acids is 2. The molecule has 162 valence electrons. The van der Waals surface area contributed by atoms with Gasteiger partial charge in [-0.15, -0.1) is 0 Å². The van der Waals surface area contributed by atoms with Crippen LogP contribution in [0.4, 0.5) is 13.2 Å². The van der Waals surface area contributed by atoms with Gasteiger partial charge in [0.2, 0.25) is 11.8 Å². The molecule has 2 aliphatic rings. The van der Waals surface area contributed by atoms with Crippen molar-refractivity contribution >= 4 is 11.8 Å². The van der Waals surface area contributed by atoms with Crippen LogP contribution in [0.25, 0.3) is 0 Å². The number of nitrogens with zero attached hydrogens (tertiary/aromatic N) is 4. The van der Waals surface area contributed by atoms with E-state index < -0.39 is 12.1 Å². The maximum Gasteiger partial charge on any atom is 0.393 e. The molecule has 0 spiro atoms. The van der Waals surface area contributed by atoms with E-state index in [4.69, 9.17) is 4.52 Å². The smallest absolute Gasteiger partial charge is 0.361 e. The minimum Gasteiger partial charge on any atom is -0.361 e. The van der Waals surface area contributed by atoms with E-state index in [9.17, 15) is 22.8 Å². The fourth-order valence-electron chi connectivity index (χ4n) is 3.93. The Morgan fingerprint density at radius 2 is 1.76 bits per heavy atom. The number of alkyl halides is 3. The van der Waals surface area contributed by atoms with Crippen LogP contribution < -0.4 is 0 Å². The van der Waals surface area contributed by atoms with Crippen molar-refractivity contribution in [3.63, 3.8) is 0 Å². The van der Waals surface area contributed by atoms with E-state index in [1.165, 1.54) is 4.90 Å². The number of amides is 2. The second kappa shape index (κ2) is 8.73. The van der Waals surface area contributed by atoms with Crippen LogP contribution in [-0.4, -0.2) is 83.7 Å². The van der Waals surface area contributed by atoms with Crippen LogP contribution in [0.5, 0.6) is 0 Å². The molecular weight excluding hydrogens is 389 g/mol. The quantitative estimate of drug-likeness (QED) is 0.749. The molecule has 1 aromatic heterocycles. The van der Waals surface area contributed by atoms with Gasteiger partial charge < -0.3 is 14.3 Å². The number of hydrogen-bond donors (Lipinski definition) is 0. The summed E-state index contributed by atoms with van der Waals surface area (Å²) in [6, 6.07) is 0. The van der Waals surface area contributed by atoms with Crippen LogP contribution in [0.2, 0.25) is 0 Å². The van der Waals surface area contributed by atoms with Crippen molar-refractivity contribution in [2.24, 2.45) is 5.92 Å². The zero-order valence-corrected chi connectivity index (χ0v) is 16.8. The lowest BCUT2D eigenvalue weighted by Crippen LogP contribution is -2.53. The number of aryl methyl sites for hydroxylation is 2. The number of piperazine rings is 1. The Morgan fingerprint density at radius 1 is 1.07 bits per heavy atom. The van der Waals surface area contributed by atoms with Gasteiger partial charge in [-0.05, 0) is 26.7 Å². The fourth-order valence-corrected chi connectivity index (χ4v) is 3.93. The largest absolute Gasteiger partial charge is 0.393 e. The summed E-state index contributed by atoms with van der Waals surface area (Å²) in [5, 5.41) is 3.86. The number of carbonyl (C=O) groups is 2. The lowest BCUT2D eigenvalue weighted by molar-refractivity contribution is -0.188. The number of piperidine rings is 1. The van der Waals surface area contributed by atoms with Crippen molar-refractivity contribution in [2.75, 3.05) is 45.8 Å². The molecule has 2 fully saturated rings. The second-order valence-corrected chi connectivity index (χ2v) is 7.86. The summed E-state index contributed by atoms with van der Waals surface area (Å²) in [6.45, 7) is 5.81. The number of halogens is 3. The molecule has 2 amide bonds. The summed E-state index contributed by atoms with van der Waals surface area (Å²) in [4.78, 5) is 30.0. The molecule has 0 bridgehead atoms. The van der Waals surface area contributed by atoms with E-state index >= 15 is 0 Å². The van der Waals surface area contributed by atoms with Crippen LogP contribution in [-0.2, 0) is 16.0 Å². The molecule has 3 heterocycles. The molecule has 7 nitrogen and oxygen atoms in total. The van der Waals surface area contributed by atoms with Crippen molar-refractivity contribution in [2.45, 2.75) is 39.3 Å². The first-order chi connectivity index (χ1) is 13.6. The molecule has 29 heavy (non-hydrogen) atoms. The summed E-state index contributed by atoms with van der Waals surface area (Å²) in [6.07, 6.45) is -3.57. The van der Waals surface area contributed by atoms with Gasteiger partial charge >= 0.3 is 6.18 Å². The number of likely N-dealkylation sites (tertiary alicyclic amines) is 1. The van der Waals surface area contributed by atoms with Crippen molar-refractivity contribution in [1.29, 1.82) is 0 Å². The average Bonchev–Trinajstić information content (AvgIpc) is 3.00. The molecule has 2 saturated heterocycles. The van der Waals surface area contributed by atoms with Crippen LogP contribution in [0.3, 0.4) is 0 Å². The summed E-state index contributed by atoms with van der Waals surface area (Å²) < 4.78 is 43.9. The average molecular weight is 416 g/mol. The highest BCUT2D eigenvalue weighted by Crippen LogP contribution is 2.33. The molecular formula is C19H27F3N4O3. The standard InChI is InChI=1S/C19H27F3N4O3/c1-13-16(14(2)29-23-13)10-17(27)25-8-6-24(7-9-25)12-18(28)26-5-3-4-15(11-26)19(20,21)22/h15H,3-12H2,1-2H3. The van der Waals surface area contributed by atoms with Gasteiger partial charge in [-0.25, -0.2) is 0 Å². The van der Waals surface area contributed by atoms with Gasteiger partial charge in [0, 0.05) is 44.8 Å². The zero-order valence-electron chi connectivity index (χ0n) is 16.8. The van der Waals surface area contributed by atoms with Gasteiger partial charge in [-0.1, -0.05) is 5.16 Å². The highest BCUT2D eigenvalue weighted by Gasteiger charge is 2.42. The summed E-state index contributed by atoms with van der Waals surface area (Å²) in [7, 11) is 0.